The van der Waals surface area contributed by atoms with E-state index in [-0.39, 0.29) is 0 Å². The Hall–Kier alpha value is -1.87. The van der Waals surface area contributed by atoms with E-state index < -0.39 is 0 Å². The van der Waals surface area contributed by atoms with Crippen LogP contribution < -0.4 is 0 Å². The molecule has 0 aliphatic carbocycles. The molecule has 4 heteroatoms. The Balaban J connectivity index is 2.52. The maximum Gasteiger partial charge on any atom is 0.168 e. The minimum atomic E-state index is 0.450. The van der Waals surface area contributed by atoms with Gasteiger partial charge in [0.05, 0.1) is 5.52 Å². The first-order chi connectivity index (χ1) is 8.74. The topological polar surface area (TPSA) is 34.9 Å². The van der Waals surface area contributed by atoms with E-state index in [0.717, 1.165) is 34.8 Å². The number of nitrogens with zero attached hydrogens (tertiary/aromatic N) is 2. The normalized spacial score (nSPS) is 11.2. The third-order valence-electron chi connectivity index (χ3n) is 3.13. The van der Waals surface area contributed by atoms with Crippen LogP contribution in [0.15, 0.2) is 30.3 Å². The highest BCUT2D eigenvalue weighted by molar-refractivity contribution is 6.31. The standard InChI is InChI=1S/C14H11ClN2O/c1-2-17-13-6-3-9(15)7-12(13)11-5-4-10(8-18)16-14(11)17/h3-8H,2H2,1H3. The summed E-state index contributed by atoms with van der Waals surface area (Å²) in [6.07, 6.45) is 0.768. The second-order valence-corrected chi connectivity index (χ2v) is 4.57. The molecule has 3 nitrogen and oxygen atoms in total. The summed E-state index contributed by atoms with van der Waals surface area (Å²) in [5.41, 5.74) is 2.37. The number of aldehydes is 1. The average Bonchev–Trinajstić information content (AvgIpc) is 2.70. The molecule has 0 N–H and O–H groups in total. The fraction of sp³-hybridized carbons (Fsp3) is 0.143. The number of hydrogen-bond donors (Lipinski definition) is 0. The van der Waals surface area contributed by atoms with Crippen LogP contribution in [-0.4, -0.2) is 15.8 Å². The fourth-order valence-corrected chi connectivity index (χ4v) is 2.51. The summed E-state index contributed by atoms with van der Waals surface area (Å²) >= 11 is 6.04. The Morgan fingerprint density at radius 3 is 2.83 bits per heavy atom. The number of benzene rings is 1. The zero-order valence-electron chi connectivity index (χ0n) is 9.85. The molecule has 0 atom stereocenters. The summed E-state index contributed by atoms with van der Waals surface area (Å²) in [4.78, 5) is 15.2. The molecule has 0 aliphatic heterocycles. The van der Waals surface area contributed by atoms with Crippen molar-refractivity contribution in [2.75, 3.05) is 0 Å². The maximum absolute atomic E-state index is 10.8. The first kappa shape index (κ1) is 11.2. The maximum atomic E-state index is 10.8. The second kappa shape index (κ2) is 4.10. The van der Waals surface area contributed by atoms with Crippen LogP contribution in [0.2, 0.25) is 5.02 Å². The van der Waals surface area contributed by atoms with Gasteiger partial charge in [-0.3, -0.25) is 4.79 Å². The summed E-state index contributed by atoms with van der Waals surface area (Å²) in [6, 6.07) is 9.46. The number of hydrogen-bond acceptors (Lipinski definition) is 2. The lowest BCUT2D eigenvalue weighted by molar-refractivity contribution is 0.111. The van der Waals surface area contributed by atoms with E-state index in [2.05, 4.69) is 16.5 Å². The monoisotopic (exact) mass is 258 g/mol. The Kier molecular flexibility index (Phi) is 2.56. The average molecular weight is 259 g/mol. The molecule has 0 radical (unpaired) electrons. The molecule has 0 saturated carbocycles. The van der Waals surface area contributed by atoms with Crippen molar-refractivity contribution in [1.29, 1.82) is 0 Å². The van der Waals surface area contributed by atoms with Gasteiger partial charge < -0.3 is 4.57 Å². The fourth-order valence-electron chi connectivity index (χ4n) is 2.34. The minimum absolute atomic E-state index is 0.450. The Morgan fingerprint density at radius 2 is 2.11 bits per heavy atom. The van der Waals surface area contributed by atoms with Gasteiger partial charge in [0.25, 0.3) is 0 Å². The van der Waals surface area contributed by atoms with Crippen molar-refractivity contribution in [3.63, 3.8) is 0 Å². The minimum Gasteiger partial charge on any atom is -0.326 e. The van der Waals surface area contributed by atoms with E-state index in [1.165, 1.54) is 0 Å². The molecule has 0 unspecified atom stereocenters. The molecule has 2 heterocycles. The van der Waals surface area contributed by atoms with Gasteiger partial charge in [-0.2, -0.15) is 0 Å². The number of fused-ring (bicyclic) bond motifs is 3. The van der Waals surface area contributed by atoms with Crippen LogP contribution in [0, 0.1) is 0 Å². The lowest BCUT2D eigenvalue weighted by Gasteiger charge is -2.01. The van der Waals surface area contributed by atoms with Crippen LogP contribution in [0.3, 0.4) is 0 Å². The number of carbonyl (C=O) groups excluding carboxylic acids is 1. The quantitative estimate of drug-likeness (QED) is 0.657. The Bertz CT molecular complexity index is 761. The molecule has 0 saturated heterocycles. The molecule has 1 aromatic carbocycles. The van der Waals surface area contributed by atoms with E-state index in [4.69, 9.17) is 11.6 Å². The first-order valence-electron chi connectivity index (χ1n) is 5.78. The van der Waals surface area contributed by atoms with Gasteiger partial charge in [-0.1, -0.05) is 11.6 Å². The molecule has 90 valence electrons. The SMILES string of the molecule is CCn1c2ccc(Cl)cc2c2ccc(C=O)nc21. The summed E-state index contributed by atoms with van der Waals surface area (Å²) in [5.74, 6) is 0. The molecule has 18 heavy (non-hydrogen) atoms. The summed E-state index contributed by atoms with van der Waals surface area (Å²) in [7, 11) is 0. The first-order valence-corrected chi connectivity index (χ1v) is 6.16. The molecule has 2 aromatic heterocycles. The molecule has 0 spiro atoms. The van der Waals surface area contributed by atoms with Crippen LogP contribution >= 0.6 is 11.6 Å². The predicted molar refractivity (Wildman–Crippen MR) is 73.3 cm³/mol. The van der Waals surface area contributed by atoms with Gasteiger partial charge in [0.1, 0.15) is 11.3 Å². The zero-order chi connectivity index (χ0) is 12.7. The Labute approximate surface area is 109 Å². The number of carbonyl (C=O) groups is 1. The van der Waals surface area contributed by atoms with Crippen molar-refractivity contribution in [3.8, 4) is 0 Å². The number of pyridine rings is 1. The summed E-state index contributed by atoms with van der Waals surface area (Å²) in [5, 5.41) is 2.81. The number of rotatable bonds is 2. The highest BCUT2D eigenvalue weighted by Gasteiger charge is 2.11. The Morgan fingerprint density at radius 1 is 1.28 bits per heavy atom. The third-order valence-corrected chi connectivity index (χ3v) is 3.36. The van der Waals surface area contributed by atoms with Gasteiger partial charge in [0.15, 0.2) is 6.29 Å². The van der Waals surface area contributed by atoms with Crippen molar-refractivity contribution < 1.29 is 4.79 Å². The van der Waals surface area contributed by atoms with Crippen molar-refractivity contribution in [3.05, 3.63) is 41.0 Å². The molecule has 3 aromatic rings. The lowest BCUT2D eigenvalue weighted by Crippen LogP contribution is -1.96. The van der Waals surface area contributed by atoms with Crippen LogP contribution in [0.5, 0.6) is 0 Å². The largest absolute Gasteiger partial charge is 0.326 e. The zero-order valence-corrected chi connectivity index (χ0v) is 10.6. The third kappa shape index (κ3) is 1.51. The van der Waals surface area contributed by atoms with Gasteiger partial charge in [-0.25, -0.2) is 4.98 Å². The van der Waals surface area contributed by atoms with E-state index in [1.807, 2.05) is 24.3 Å². The predicted octanol–water partition coefficient (Wildman–Crippen LogP) is 3.68. The van der Waals surface area contributed by atoms with E-state index in [1.54, 1.807) is 6.07 Å². The number of aromatic nitrogens is 2. The molecule has 0 bridgehead atoms. The van der Waals surface area contributed by atoms with Crippen LogP contribution in [0.1, 0.15) is 17.4 Å². The summed E-state index contributed by atoms with van der Waals surface area (Å²) < 4.78 is 2.09. The molecule has 0 aliphatic rings. The molecule has 3 rings (SSSR count). The molecule has 0 amide bonds. The second-order valence-electron chi connectivity index (χ2n) is 4.13. The summed E-state index contributed by atoms with van der Waals surface area (Å²) in [6.45, 7) is 2.86. The van der Waals surface area contributed by atoms with Gasteiger partial charge >= 0.3 is 0 Å². The van der Waals surface area contributed by atoms with E-state index in [0.29, 0.717) is 10.7 Å². The van der Waals surface area contributed by atoms with Crippen molar-refractivity contribution in [2.24, 2.45) is 0 Å². The van der Waals surface area contributed by atoms with Crippen molar-refractivity contribution in [2.45, 2.75) is 13.5 Å². The number of halogens is 1. The van der Waals surface area contributed by atoms with Gasteiger partial charge in [0, 0.05) is 22.3 Å². The molecular weight excluding hydrogens is 248 g/mol. The van der Waals surface area contributed by atoms with Gasteiger partial charge in [-0.05, 0) is 37.3 Å². The van der Waals surface area contributed by atoms with Gasteiger partial charge in [-0.15, -0.1) is 0 Å². The molecular formula is C14H11ClN2O. The molecule has 0 fully saturated rings. The van der Waals surface area contributed by atoms with E-state index >= 15 is 0 Å². The van der Waals surface area contributed by atoms with Crippen LogP contribution in [0.4, 0.5) is 0 Å². The van der Waals surface area contributed by atoms with E-state index in [9.17, 15) is 4.79 Å². The van der Waals surface area contributed by atoms with Gasteiger partial charge in [0.2, 0.25) is 0 Å². The highest BCUT2D eigenvalue weighted by Crippen LogP contribution is 2.30. The van der Waals surface area contributed by atoms with Crippen LogP contribution in [-0.2, 0) is 6.54 Å². The highest BCUT2D eigenvalue weighted by atomic mass is 35.5. The van der Waals surface area contributed by atoms with Crippen molar-refractivity contribution >= 4 is 39.8 Å². The van der Waals surface area contributed by atoms with Crippen LogP contribution in [0.25, 0.3) is 21.9 Å². The smallest absolute Gasteiger partial charge is 0.168 e. The lowest BCUT2D eigenvalue weighted by atomic mass is 10.2. The van der Waals surface area contributed by atoms with Crippen molar-refractivity contribution in [1.82, 2.24) is 9.55 Å². The number of aryl methyl sites for hydroxylation is 1.